The molecule has 2 unspecified atom stereocenters. The predicted octanol–water partition coefficient (Wildman–Crippen LogP) is 5.02. The highest BCUT2D eigenvalue weighted by molar-refractivity contribution is 5.87. The normalized spacial score (nSPS) is 21.6. The molecule has 1 amide bonds. The van der Waals surface area contributed by atoms with Gasteiger partial charge in [-0.1, -0.05) is 30.3 Å². The van der Waals surface area contributed by atoms with E-state index in [4.69, 9.17) is 9.47 Å². The number of benzene rings is 2. The van der Waals surface area contributed by atoms with E-state index in [1.165, 1.54) is 13.2 Å². The van der Waals surface area contributed by atoms with Crippen molar-refractivity contribution in [1.82, 2.24) is 9.47 Å². The number of ether oxygens (including phenoxy) is 2. The molecule has 2 aliphatic rings. The second-order valence-corrected chi connectivity index (χ2v) is 9.46. The summed E-state index contributed by atoms with van der Waals surface area (Å²) < 4.78 is 26.5. The summed E-state index contributed by atoms with van der Waals surface area (Å²) in [7, 11) is 1.37. The van der Waals surface area contributed by atoms with Crippen molar-refractivity contribution in [2.45, 2.75) is 38.8 Å². The van der Waals surface area contributed by atoms with Crippen LogP contribution in [0.25, 0.3) is 10.9 Å². The summed E-state index contributed by atoms with van der Waals surface area (Å²) in [6.45, 7) is 3.74. The van der Waals surface area contributed by atoms with Gasteiger partial charge in [-0.05, 0) is 66.8 Å². The Morgan fingerprint density at radius 3 is 2.44 bits per heavy atom. The predicted molar refractivity (Wildman–Crippen MR) is 126 cm³/mol. The van der Waals surface area contributed by atoms with Crippen LogP contribution in [0, 0.1) is 24.6 Å². The summed E-state index contributed by atoms with van der Waals surface area (Å²) in [5.74, 6) is 0.432. The highest BCUT2D eigenvalue weighted by Gasteiger charge is 2.44. The van der Waals surface area contributed by atoms with Gasteiger partial charge in [-0.15, -0.1) is 0 Å². The van der Waals surface area contributed by atoms with Gasteiger partial charge in [0.15, 0.2) is 0 Å². The third-order valence-corrected chi connectivity index (χ3v) is 7.47. The number of fused-ring (bicyclic) bond motifs is 2. The summed E-state index contributed by atoms with van der Waals surface area (Å²) in [4.78, 5) is 26.4. The number of methoxy groups -OCH3 is 1. The number of carbonyl (C=O) groups is 2. The Hall–Kier alpha value is -3.35. The number of halogens is 1. The van der Waals surface area contributed by atoms with Crippen molar-refractivity contribution in [3.63, 3.8) is 0 Å². The average Bonchev–Trinajstić information content (AvgIpc) is 3.48. The largest absolute Gasteiger partial charge is 0.468 e. The van der Waals surface area contributed by atoms with Gasteiger partial charge in [-0.25, -0.2) is 9.18 Å². The van der Waals surface area contributed by atoms with Gasteiger partial charge >= 0.3 is 12.1 Å². The number of hydrogen-bond acceptors (Lipinski definition) is 4. The molecule has 0 bridgehead atoms. The zero-order valence-corrected chi connectivity index (χ0v) is 19.5. The number of likely N-dealkylation sites (tertiary alicyclic amines) is 1. The smallest absolute Gasteiger partial charge is 0.410 e. The Balaban J connectivity index is 1.30. The van der Waals surface area contributed by atoms with Crippen molar-refractivity contribution < 1.29 is 23.5 Å². The molecule has 0 spiro atoms. The standard InChI is InChI=1S/C27H29FN2O4/c1-17-26(23-12-22(28)8-9-24(23)30(17)15-25(31)33-2)19-10-20-13-29(14-21(20)11-19)27(32)34-16-18-6-4-3-5-7-18/h3-9,12,19-21H,10-11,13-16H2,1-2H3. The lowest BCUT2D eigenvalue weighted by Gasteiger charge is -2.19. The summed E-state index contributed by atoms with van der Waals surface area (Å²) in [5, 5.41) is 0.866. The summed E-state index contributed by atoms with van der Waals surface area (Å²) >= 11 is 0. The quantitative estimate of drug-likeness (QED) is 0.497. The van der Waals surface area contributed by atoms with Crippen LogP contribution < -0.4 is 0 Å². The van der Waals surface area contributed by atoms with Gasteiger partial charge < -0.3 is 18.9 Å². The molecule has 1 saturated carbocycles. The van der Waals surface area contributed by atoms with Crippen LogP contribution in [-0.4, -0.2) is 41.7 Å². The van der Waals surface area contributed by atoms with E-state index in [0.29, 0.717) is 24.9 Å². The molecule has 34 heavy (non-hydrogen) atoms. The molecule has 3 aromatic rings. The lowest BCUT2D eigenvalue weighted by Crippen LogP contribution is -2.30. The molecule has 1 aliphatic heterocycles. The highest BCUT2D eigenvalue weighted by Crippen LogP contribution is 2.49. The van der Waals surface area contributed by atoms with Gasteiger partial charge in [-0.3, -0.25) is 4.79 Å². The molecular weight excluding hydrogens is 435 g/mol. The minimum atomic E-state index is -0.330. The summed E-state index contributed by atoms with van der Waals surface area (Å²) in [6.07, 6.45) is 1.60. The van der Waals surface area contributed by atoms with E-state index in [0.717, 1.165) is 40.6 Å². The Morgan fingerprint density at radius 1 is 1.06 bits per heavy atom. The van der Waals surface area contributed by atoms with Crippen LogP contribution in [0.2, 0.25) is 0 Å². The fraction of sp³-hybridized carbons (Fsp3) is 0.407. The van der Waals surface area contributed by atoms with E-state index in [9.17, 15) is 14.0 Å². The van der Waals surface area contributed by atoms with Gasteiger partial charge in [0.1, 0.15) is 19.0 Å². The van der Waals surface area contributed by atoms with Crippen molar-refractivity contribution in [3.8, 4) is 0 Å². The Labute approximate surface area is 198 Å². The first-order valence-corrected chi connectivity index (χ1v) is 11.7. The average molecular weight is 465 g/mol. The number of amides is 1. The van der Waals surface area contributed by atoms with Crippen LogP contribution in [0.4, 0.5) is 9.18 Å². The van der Waals surface area contributed by atoms with E-state index in [1.54, 1.807) is 12.1 Å². The minimum Gasteiger partial charge on any atom is -0.468 e. The maximum absolute atomic E-state index is 14.2. The lowest BCUT2D eigenvalue weighted by atomic mass is 9.93. The molecule has 178 valence electrons. The first-order valence-electron chi connectivity index (χ1n) is 11.7. The first kappa shape index (κ1) is 22.4. The van der Waals surface area contributed by atoms with Crippen LogP contribution in [0.5, 0.6) is 0 Å². The summed E-state index contributed by atoms with van der Waals surface area (Å²) in [6, 6.07) is 14.4. The maximum atomic E-state index is 14.2. The van der Waals surface area contributed by atoms with E-state index in [1.807, 2.05) is 46.7 Å². The third-order valence-electron chi connectivity index (χ3n) is 7.47. The number of nitrogens with zero attached hydrogens (tertiary/aromatic N) is 2. The fourth-order valence-corrected chi connectivity index (χ4v) is 5.89. The van der Waals surface area contributed by atoms with Crippen molar-refractivity contribution >= 4 is 23.0 Å². The van der Waals surface area contributed by atoms with E-state index in [2.05, 4.69) is 0 Å². The first-order chi connectivity index (χ1) is 16.4. The van der Waals surface area contributed by atoms with Crippen LogP contribution in [-0.2, 0) is 27.4 Å². The zero-order valence-electron chi connectivity index (χ0n) is 19.5. The van der Waals surface area contributed by atoms with Crippen molar-refractivity contribution in [2.75, 3.05) is 20.2 Å². The molecule has 2 aromatic carbocycles. The third kappa shape index (κ3) is 4.15. The Kier molecular flexibility index (Phi) is 6.02. The van der Waals surface area contributed by atoms with Crippen LogP contribution >= 0.6 is 0 Å². The van der Waals surface area contributed by atoms with Gasteiger partial charge in [0.25, 0.3) is 0 Å². The van der Waals surface area contributed by atoms with Crippen LogP contribution in [0.3, 0.4) is 0 Å². The van der Waals surface area contributed by atoms with Gasteiger partial charge in [0.2, 0.25) is 0 Å². The molecule has 1 aromatic heterocycles. The minimum absolute atomic E-state index is 0.102. The van der Waals surface area contributed by atoms with Gasteiger partial charge in [-0.2, -0.15) is 0 Å². The number of hydrogen-bond donors (Lipinski definition) is 0. The van der Waals surface area contributed by atoms with Crippen LogP contribution in [0.15, 0.2) is 48.5 Å². The summed E-state index contributed by atoms with van der Waals surface area (Å²) in [5.41, 5.74) is 3.92. The molecule has 2 atom stereocenters. The van der Waals surface area contributed by atoms with Crippen molar-refractivity contribution in [2.24, 2.45) is 11.8 Å². The zero-order chi connectivity index (χ0) is 23.8. The Bertz CT molecular complexity index is 1210. The number of aromatic nitrogens is 1. The molecule has 5 rings (SSSR count). The maximum Gasteiger partial charge on any atom is 0.410 e. The molecule has 2 fully saturated rings. The monoisotopic (exact) mass is 464 g/mol. The molecule has 7 heteroatoms. The molecule has 0 radical (unpaired) electrons. The van der Waals surface area contributed by atoms with Crippen molar-refractivity contribution in [3.05, 3.63) is 71.2 Å². The van der Waals surface area contributed by atoms with Crippen molar-refractivity contribution in [1.29, 1.82) is 0 Å². The molecule has 2 heterocycles. The van der Waals surface area contributed by atoms with Gasteiger partial charge in [0, 0.05) is 29.7 Å². The molecule has 1 aliphatic carbocycles. The number of esters is 1. The molecule has 1 saturated heterocycles. The van der Waals surface area contributed by atoms with E-state index in [-0.39, 0.29) is 36.9 Å². The second kappa shape index (κ2) is 9.12. The molecule has 0 N–H and O–H groups in total. The van der Waals surface area contributed by atoms with Crippen LogP contribution in [0.1, 0.15) is 35.6 Å². The van der Waals surface area contributed by atoms with E-state index >= 15 is 0 Å². The SMILES string of the molecule is COC(=O)Cn1c(C)c(C2CC3CN(C(=O)OCc4ccccc4)CC3C2)c2cc(F)ccc21. The Morgan fingerprint density at radius 2 is 1.76 bits per heavy atom. The van der Waals surface area contributed by atoms with E-state index < -0.39 is 0 Å². The molecule has 6 nitrogen and oxygen atoms in total. The highest BCUT2D eigenvalue weighted by atomic mass is 19.1. The topological polar surface area (TPSA) is 60.8 Å². The fourth-order valence-electron chi connectivity index (χ4n) is 5.89. The molecular formula is C27H29FN2O4. The van der Waals surface area contributed by atoms with Gasteiger partial charge in [0.05, 0.1) is 7.11 Å². The lowest BCUT2D eigenvalue weighted by molar-refractivity contribution is -0.141. The number of carbonyl (C=O) groups excluding carboxylic acids is 2. The number of rotatable bonds is 5. The second-order valence-electron chi connectivity index (χ2n) is 9.46.